The molecule has 5 heteroatoms. The van der Waals surface area contributed by atoms with Gasteiger partial charge in [-0.15, -0.1) is 0 Å². The highest BCUT2D eigenvalue weighted by atomic mass is 16.2. The fourth-order valence-electron chi connectivity index (χ4n) is 3.52. The van der Waals surface area contributed by atoms with Gasteiger partial charge in [-0.3, -0.25) is 9.89 Å². The number of aromatic nitrogens is 3. The summed E-state index contributed by atoms with van der Waals surface area (Å²) in [5.74, 6) is 0.641. The first-order chi connectivity index (χ1) is 11.2. The van der Waals surface area contributed by atoms with Crippen molar-refractivity contribution in [2.45, 2.75) is 25.7 Å². The molecule has 1 N–H and O–H groups in total. The highest BCUT2D eigenvalue weighted by Crippen LogP contribution is 2.29. The van der Waals surface area contributed by atoms with Crippen molar-refractivity contribution in [3.8, 4) is 0 Å². The zero-order valence-electron chi connectivity index (χ0n) is 13.2. The van der Waals surface area contributed by atoms with E-state index in [1.165, 1.54) is 5.56 Å². The van der Waals surface area contributed by atoms with E-state index < -0.39 is 0 Å². The molecule has 0 bridgehead atoms. The van der Waals surface area contributed by atoms with Crippen molar-refractivity contribution in [3.63, 3.8) is 0 Å². The number of likely N-dealkylation sites (tertiary alicyclic amines) is 1. The van der Waals surface area contributed by atoms with Crippen molar-refractivity contribution < 1.29 is 4.79 Å². The number of nitrogens with zero attached hydrogens (tertiary/aromatic N) is 3. The van der Waals surface area contributed by atoms with Gasteiger partial charge in [-0.05, 0) is 49.4 Å². The van der Waals surface area contributed by atoms with Gasteiger partial charge in [-0.1, -0.05) is 6.07 Å². The number of pyridine rings is 1. The predicted molar refractivity (Wildman–Crippen MR) is 88.6 cm³/mol. The van der Waals surface area contributed by atoms with Crippen LogP contribution in [0.2, 0.25) is 0 Å². The number of H-pyrrole nitrogens is 1. The molecule has 4 rings (SSSR count). The lowest BCUT2D eigenvalue weighted by atomic mass is 9.90. The molecule has 1 saturated heterocycles. The molecule has 118 valence electrons. The lowest BCUT2D eigenvalue weighted by Crippen LogP contribution is -2.37. The summed E-state index contributed by atoms with van der Waals surface area (Å²) in [7, 11) is 0. The third kappa shape index (κ3) is 2.52. The van der Waals surface area contributed by atoms with Gasteiger partial charge >= 0.3 is 0 Å². The molecule has 23 heavy (non-hydrogen) atoms. The van der Waals surface area contributed by atoms with Crippen molar-refractivity contribution in [1.29, 1.82) is 0 Å². The topological polar surface area (TPSA) is 53.4 Å². The number of hydrogen-bond acceptors (Lipinski definition) is 2. The summed E-state index contributed by atoms with van der Waals surface area (Å²) in [4.78, 5) is 14.7. The number of piperidine rings is 1. The lowest BCUT2D eigenvalue weighted by molar-refractivity contribution is 0.0713. The van der Waals surface area contributed by atoms with Gasteiger partial charge in [0.15, 0.2) is 0 Å². The maximum absolute atomic E-state index is 12.7. The van der Waals surface area contributed by atoms with Gasteiger partial charge in [0, 0.05) is 36.7 Å². The first-order valence-corrected chi connectivity index (χ1v) is 8.08. The molecule has 4 heterocycles. The predicted octanol–water partition coefficient (Wildman–Crippen LogP) is 2.99. The van der Waals surface area contributed by atoms with Crippen LogP contribution < -0.4 is 0 Å². The monoisotopic (exact) mass is 308 g/mol. The van der Waals surface area contributed by atoms with Crippen LogP contribution in [0.3, 0.4) is 0 Å². The summed E-state index contributed by atoms with van der Waals surface area (Å²) in [6.45, 7) is 3.67. The third-order valence-electron chi connectivity index (χ3n) is 4.84. The average molecular weight is 308 g/mol. The number of amides is 1. The summed E-state index contributed by atoms with van der Waals surface area (Å²) >= 11 is 0. The lowest BCUT2D eigenvalue weighted by Gasteiger charge is -2.31. The van der Waals surface area contributed by atoms with Crippen molar-refractivity contribution in [2.24, 2.45) is 0 Å². The number of carbonyl (C=O) groups is 1. The first-order valence-electron chi connectivity index (χ1n) is 8.08. The van der Waals surface area contributed by atoms with Crippen molar-refractivity contribution in [3.05, 3.63) is 59.7 Å². The maximum atomic E-state index is 12.7. The normalized spacial score (nSPS) is 16.1. The minimum atomic E-state index is 0.135. The van der Waals surface area contributed by atoms with Gasteiger partial charge in [-0.25, -0.2) is 0 Å². The Morgan fingerprint density at radius 1 is 1.30 bits per heavy atom. The van der Waals surface area contributed by atoms with Crippen molar-refractivity contribution in [2.75, 3.05) is 13.1 Å². The van der Waals surface area contributed by atoms with Crippen LogP contribution in [0.4, 0.5) is 0 Å². The quantitative estimate of drug-likeness (QED) is 0.791. The van der Waals surface area contributed by atoms with Crippen LogP contribution in [0.1, 0.15) is 40.4 Å². The van der Waals surface area contributed by atoms with Crippen LogP contribution in [0.5, 0.6) is 0 Å². The van der Waals surface area contributed by atoms with E-state index >= 15 is 0 Å². The van der Waals surface area contributed by atoms with E-state index in [1.54, 1.807) is 0 Å². The fraction of sp³-hybridized carbons (Fsp3) is 0.333. The van der Waals surface area contributed by atoms with Gasteiger partial charge in [0.05, 0.1) is 11.8 Å². The summed E-state index contributed by atoms with van der Waals surface area (Å²) in [6, 6.07) is 7.95. The second-order valence-corrected chi connectivity index (χ2v) is 6.28. The van der Waals surface area contributed by atoms with Crippen molar-refractivity contribution in [1.82, 2.24) is 19.5 Å². The molecule has 0 saturated carbocycles. The van der Waals surface area contributed by atoms with E-state index in [4.69, 9.17) is 0 Å². The van der Waals surface area contributed by atoms with Crippen molar-refractivity contribution >= 4 is 11.4 Å². The molecule has 1 amide bonds. The number of hydrogen-bond donors (Lipinski definition) is 1. The molecule has 1 aliphatic heterocycles. The Morgan fingerprint density at radius 3 is 2.83 bits per heavy atom. The molecule has 0 aliphatic carbocycles. The number of fused-ring (bicyclic) bond motifs is 1. The molecular weight excluding hydrogens is 288 g/mol. The van der Waals surface area contributed by atoms with E-state index in [9.17, 15) is 4.79 Å². The van der Waals surface area contributed by atoms with Crippen LogP contribution in [0.25, 0.3) is 5.52 Å². The first kappa shape index (κ1) is 14.1. The van der Waals surface area contributed by atoms with E-state index in [1.807, 2.05) is 52.2 Å². The molecule has 0 spiro atoms. The molecule has 1 fully saturated rings. The summed E-state index contributed by atoms with van der Waals surface area (Å²) < 4.78 is 1.99. The van der Waals surface area contributed by atoms with Crippen LogP contribution in [-0.4, -0.2) is 38.5 Å². The molecule has 1 aliphatic rings. The highest BCUT2D eigenvalue weighted by Gasteiger charge is 2.26. The zero-order valence-corrected chi connectivity index (χ0v) is 13.2. The van der Waals surface area contributed by atoms with Crippen LogP contribution >= 0.6 is 0 Å². The molecule has 0 aromatic carbocycles. The minimum absolute atomic E-state index is 0.135. The third-order valence-corrected chi connectivity index (χ3v) is 4.84. The molecular formula is C18H20N4O. The van der Waals surface area contributed by atoms with Gasteiger partial charge in [-0.2, -0.15) is 5.10 Å². The Kier molecular flexibility index (Phi) is 3.41. The maximum Gasteiger partial charge on any atom is 0.255 e. The van der Waals surface area contributed by atoms with E-state index in [2.05, 4.69) is 17.1 Å². The second-order valence-electron chi connectivity index (χ2n) is 6.28. The molecule has 0 atom stereocenters. The summed E-state index contributed by atoms with van der Waals surface area (Å²) in [6.07, 6.45) is 7.82. The smallest absolute Gasteiger partial charge is 0.255 e. The Labute approximate surface area is 134 Å². The Balaban J connectivity index is 1.47. The molecule has 5 nitrogen and oxygen atoms in total. The molecule has 0 unspecified atom stereocenters. The average Bonchev–Trinajstić information content (AvgIpc) is 3.20. The standard InChI is InChI=1S/C18H20N4O/c1-13-17(11-19-20-13)14-5-8-21(9-6-14)18(23)15-10-16-4-2-3-7-22(16)12-15/h2-4,7,10-12,14H,5-6,8-9H2,1H3,(H,19,20). The van der Waals surface area contributed by atoms with E-state index in [0.717, 1.165) is 42.7 Å². The number of carbonyl (C=O) groups excluding carboxylic acids is 1. The highest BCUT2D eigenvalue weighted by molar-refractivity contribution is 5.95. The fourth-order valence-corrected chi connectivity index (χ4v) is 3.52. The van der Waals surface area contributed by atoms with Gasteiger partial charge in [0.1, 0.15) is 0 Å². The zero-order chi connectivity index (χ0) is 15.8. The molecule has 0 radical (unpaired) electrons. The largest absolute Gasteiger partial charge is 0.339 e. The summed E-state index contributed by atoms with van der Waals surface area (Å²) in [5.41, 5.74) is 4.27. The Bertz CT molecular complexity index is 806. The molecule has 3 aromatic heterocycles. The van der Waals surface area contributed by atoms with E-state index in [-0.39, 0.29) is 5.91 Å². The number of aromatic amines is 1. The van der Waals surface area contributed by atoms with Gasteiger partial charge in [0.25, 0.3) is 5.91 Å². The Hall–Kier alpha value is -2.56. The number of nitrogens with one attached hydrogen (secondary N) is 1. The minimum Gasteiger partial charge on any atom is -0.339 e. The number of rotatable bonds is 2. The van der Waals surface area contributed by atoms with E-state index in [0.29, 0.717) is 5.92 Å². The number of aryl methyl sites for hydroxylation is 1. The summed E-state index contributed by atoms with van der Waals surface area (Å²) in [5, 5.41) is 7.12. The van der Waals surface area contributed by atoms with Gasteiger partial charge in [0.2, 0.25) is 0 Å². The van der Waals surface area contributed by atoms with Crippen LogP contribution in [-0.2, 0) is 0 Å². The SMILES string of the molecule is Cc1[nH]ncc1C1CCN(C(=O)c2cc3ccccn3c2)CC1. The second kappa shape index (κ2) is 5.57. The van der Waals surface area contributed by atoms with Crippen LogP contribution in [0, 0.1) is 6.92 Å². The van der Waals surface area contributed by atoms with Gasteiger partial charge < -0.3 is 9.30 Å². The Morgan fingerprint density at radius 2 is 2.13 bits per heavy atom. The molecule has 3 aromatic rings. The van der Waals surface area contributed by atoms with Crippen LogP contribution in [0.15, 0.2) is 42.9 Å².